The van der Waals surface area contributed by atoms with Gasteiger partial charge in [0, 0.05) is 29.4 Å². The Morgan fingerprint density at radius 1 is 1.25 bits per heavy atom. The van der Waals surface area contributed by atoms with Gasteiger partial charge in [0.05, 0.1) is 0 Å². The molecule has 1 fully saturated rings. The largest absolute Gasteiger partial charge is 0.375 e. The van der Waals surface area contributed by atoms with Crippen molar-refractivity contribution in [2.24, 2.45) is 5.92 Å². The van der Waals surface area contributed by atoms with Gasteiger partial charge in [-0.15, -0.1) is 11.8 Å². The Morgan fingerprint density at radius 2 is 1.93 bits per heavy atom. The number of benzene rings is 1. The zero-order valence-corrected chi connectivity index (χ0v) is 18.5. The van der Waals surface area contributed by atoms with Crippen molar-refractivity contribution >= 4 is 11.8 Å². The summed E-state index contributed by atoms with van der Waals surface area (Å²) >= 11 is 1.75. The molecule has 3 heteroatoms. The van der Waals surface area contributed by atoms with Gasteiger partial charge in [-0.2, -0.15) is 0 Å². The minimum absolute atomic E-state index is 0.0363. The number of piperidine rings is 1. The van der Waals surface area contributed by atoms with Crippen molar-refractivity contribution in [2.75, 3.05) is 18.8 Å². The van der Waals surface area contributed by atoms with Crippen LogP contribution in [0.5, 0.6) is 0 Å². The summed E-state index contributed by atoms with van der Waals surface area (Å²) in [5, 5.41) is 0. The quantitative estimate of drug-likeness (QED) is 0.438. The van der Waals surface area contributed by atoms with Gasteiger partial charge >= 0.3 is 0 Å². The van der Waals surface area contributed by atoms with Crippen molar-refractivity contribution < 1.29 is 4.39 Å². The Balaban J connectivity index is 1.91. The van der Waals surface area contributed by atoms with Gasteiger partial charge in [-0.1, -0.05) is 58.7 Å². The highest BCUT2D eigenvalue weighted by Gasteiger charge is 2.24. The number of hydrogen-bond acceptors (Lipinski definition) is 2. The van der Waals surface area contributed by atoms with Crippen molar-refractivity contribution in [2.45, 2.75) is 45.4 Å². The molecule has 0 bridgehead atoms. The Morgan fingerprint density at radius 3 is 2.50 bits per heavy atom. The monoisotopic (exact) mass is 399 g/mol. The molecule has 152 valence electrons. The van der Waals surface area contributed by atoms with Crippen LogP contribution in [-0.2, 0) is 11.8 Å². The van der Waals surface area contributed by atoms with Crippen LogP contribution in [0.2, 0.25) is 0 Å². The molecule has 2 rings (SSSR count). The third-order valence-electron chi connectivity index (χ3n) is 5.34. The summed E-state index contributed by atoms with van der Waals surface area (Å²) in [6.07, 6.45) is 8.97. The molecule has 1 aliphatic heterocycles. The predicted octanol–water partition coefficient (Wildman–Crippen LogP) is 6.88. The van der Waals surface area contributed by atoms with Gasteiger partial charge in [0.2, 0.25) is 0 Å². The van der Waals surface area contributed by atoms with Crippen LogP contribution in [-0.4, -0.2) is 23.7 Å². The number of thioether (sulfide) groups is 1. The van der Waals surface area contributed by atoms with Crippen molar-refractivity contribution in [1.82, 2.24) is 4.90 Å². The van der Waals surface area contributed by atoms with E-state index < -0.39 is 0 Å². The van der Waals surface area contributed by atoms with Gasteiger partial charge in [-0.25, -0.2) is 4.39 Å². The molecule has 1 aromatic rings. The first-order chi connectivity index (χ1) is 13.2. The fourth-order valence-corrected chi connectivity index (χ4v) is 4.56. The van der Waals surface area contributed by atoms with Gasteiger partial charge in [-0.3, -0.25) is 0 Å². The third kappa shape index (κ3) is 6.41. The van der Waals surface area contributed by atoms with Crippen LogP contribution < -0.4 is 0 Å². The summed E-state index contributed by atoms with van der Waals surface area (Å²) in [5.41, 5.74) is 3.58. The van der Waals surface area contributed by atoms with E-state index in [9.17, 15) is 4.39 Å². The van der Waals surface area contributed by atoms with E-state index in [1.165, 1.54) is 11.3 Å². The summed E-state index contributed by atoms with van der Waals surface area (Å²) in [6, 6.07) is 5.31. The molecule has 0 N–H and O–H groups in total. The van der Waals surface area contributed by atoms with Crippen molar-refractivity contribution in [3.8, 4) is 0 Å². The molecule has 0 atom stereocenters. The number of hydrogen-bond donors (Lipinski definition) is 0. The molecule has 0 unspecified atom stereocenters. The molecular weight excluding hydrogens is 365 g/mol. The molecule has 1 aliphatic rings. The second-order valence-electron chi connectivity index (χ2n) is 8.55. The fraction of sp³-hybridized carbons (Fsp3) is 0.440. The molecule has 0 amide bonds. The topological polar surface area (TPSA) is 3.24 Å². The summed E-state index contributed by atoms with van der Waals surface area (Å²) in [5.74, 6) is 1.39. The first kappa shape index (κ1) is 22.5. The average molecular weight is 400 g/mol. The molecule has 0 aromatic heterocycles. The number of rotatable bonds is 8. The SMILES string of the molecule is C=C/C=C(\C=C)SCC(=C)N1CCC(Cc2ccc(F)cc2C(C)(C)C)CC1. The van der Waals surface area contributed by atoms with Crippen LogP contribution in [0.15, 0.2) is 66.8 Å². The number of halogens is 1. The second kappa shape index (κ2) is 10.2. The Bertz CT molecular complexity index is 733. The van der Waals surface area contributed by atoms with Crippen LogP contribution in [0.1, 0.15) is 44.7 Å². The highest BCUT2D eigenvalue weighted by Crippen LogP contribution is 2.31. The van der Waals surface area contributed by atoms with Crippen LogP contribution in [0.4, 0.5) is 4.39 Å². The lowest BCUT2D eigenvalue weighted by molar-refractivity contribution is 0.227. The maximum Gasteiger partial charge on any atom is 0.123 e. The minimum Gasteiger partial charge on any atom is -0.375 e. The minimum atomic E-state index is -0.137. The van der Waals surface area contributed by atoms with Crippen molar-refractivity contribution in [1.29, 1.82) is 0 Å². The maximum absolute atomic E-state index is 13.8. The predicted molar refractivity (Wildman–Crippen MR) is 123 cm³/mol. The van der Waals surface area contributed by atoms with E-state index in [-0.39, 0.29) is 11.2 Å². The van der Waals surface area contributed by atoms with E-state index in [4.69, 9.17) is 0 Å². The van der Waals surface area contributed by atoms with Gasteiger partial charge in [0.25, 0.3) is 0 Å². The number of likely N-dealkylation sites (tertiary alicyclic amines) is 1. The van der Waals surface area contributed by atoms with Gasteiger partial charge in [-0.05, 0) is 59.9 Å². The Labute approximate surface area is 175 Å². The van der Waals surface area contributed by atoms with Crippen LogP contribution in [0, 0.1) is 11.7 Å². The van der Waals surface area contributed by atoms with Gasteiger partial charge < -0.3 is 4.90 Å². The second-order valence-corrected chi connectivity index (χ2v) is 9.60. The van der Waals surface area contributed by atoms with E-state index in [1.807, 2.05) is 18.2 Å². The third-order valence-corrected chi connectivity index (χ3v) is 6.45. The smallest absolute Gasteiger partial charge is 0.123 e. The van der Waals surface area contributed by atoms with Crippen molar-refractivity contribution in [3.05, 3.63) is 83.7 Å². The molecule has 1 aromatic carbocycles. The molecule has 1 saturated heterocycles. The standard InChI is InChI=1S/C25H34FNS/c1-7-9-23(8-2)28-18-19(3)27-14-12-20(13-15-27)16-21-10-11-22(26)17-24(21)25(4,5)6/h7-11,17,20H,1-3,12-16,18H2,4-6H3/b23-9+. The number of allylic oxidation sites excluding steroid dienone is 3. The van der Waals surface area contributed by atoms with E-state index >= 15 is 0 Å². The van der Waals surface area contributed by atoms with E-state index in [1.54, 1.807) is 30.0 Å². The van der Waals surface area contributed by atoms with Crippen LogP contribution >= 0.6 is 11.8 Å². The first-order valence-electron chi connectivity index (χ1n) is 10.0. The van der Waals surface area contributed by atoms with Crippen LogP contribution in [0.3, 0.4) is 0 Å². The zero-order chi connectivity index (χ0) is 20.7. The summed E-state index contributed by atoms with van der Waals surface area (Å²) < 4.78 is 13.8. The highest BCUT2D eigenvalue weighted by molar-refractivity contribution is 8.03. The maximum atomic E-state index is 13.8. The van der Waals surface area contributed by atoms with E-state index in [0.717, 1.165) is 48.6 Å². The molecule has 28 heavy (non-hydrogen) atoms. The summed E-state index contributed by atoms with van der Waals surface area (Å²) in [6.45, 7) is 20.4. The average Bonchev–Trinajstić information content (AvgIpc) is 2.66. The number of nitrogens with zero attached hydrogens (tertiary/aromatic N) is 1. The van der Waals surface area contributed by atoms with Gasteiger partial charge in [0.1, 0.15) is 5.82 Å². The molecule has 0 aliphatic carbocycles. The molecule has 0 spiro atoms. The lowest BCUT2D eigenvalue weighted by Crippen LogP contribution is -2.34. The Kier molecular flexibility index (Phi) is 8.18. The van der Waals surface area contributed by atoms with Gasteiger partial charge in [0.15, 0.2) is 0 Å². The molecule has 1 heterocycles. The van der Waals surface area contributed by atoms with E-state index in [2.05, 4.69) is 45.4 Å². The molecule has 0 radical (unpaired) electrons. The highest BCUT2D eigenvalue weighted by atomic mass is 32.2. The summed E-state index contributed by atoms with van der Waals surface area (Å²) in [4.78, 5) is 3.53. The molecule has 1 nitrogen and oxygen atoms in total. The Hall–Kier alpha value is -1.74. The van der Waals surface area contributed by atoms with E-state index in [0.29, 0.717) is 5.92 Å². The lowest BCUT2D eigenvalue weighted by atomic mass is 9.80. The molecule has 0 saturated carbocycles. The fourth-order valence-electron chi connectivity index (χ4n) is 3.74. The van der Waals surface area contributed by atoms with Crippen LogP contribution in [0.25, 0.3) is 0 Å². The summed E-state index contributed by atoms with van der Waals surface area (Å²) in [7, 11) is 0. The first-order valence-corrected chi connectivity index (χ1v) is 11.0. The zero-order valence-electron chi connectivity index (χ0n) is 17.6. The molecular formula is C25H34FNS. The lowest BCUT2D eigenvalue weighted by Gasteiger charge is -2.35. The van der Waals surface area contributed by atoms with Crippen molar-refractivity contribution in [3.63, 3.8) is 0 Å². The normalized spacial score (nSPS) is 16.1.